The standard InChI is InChI=1S/C22H24N3O5/c1-14(15-4-6-16(7-5-15)23(26)27)25(2,3)18-9-11-22-20(13-18)19-12-17(24(28)29)8-10-21(19)30-22/h4-8,10,12,14,18H,9,11,13H2,1-3H3/q+1. The highest BCUT2D eigenvalue weighted by molar-refractivity contribution is 5.84. The maximum Gasteiger partial charge on any atom is 0.270 e. The molecule has 8 nitrogen and oxygen atoms in total. The quantitative estimate of drug-likeness (QED) is 0.337. The molecule has 1 aliphatic rings. The topological polar surface area (TPSA) is 99.4 Å². The Labute approximate surface area is 173 Å². The van der Waals surface area contributed by atoms with Gasteiger partial charge in [0.05, 0.1) is 30.0 Å². The first-order valence-electron chi connectivity index (χ1n) is 9.95. The third-order valence-electron chi connectivity index (χ3n) is 6.74. The van der Waals surface area contributed by atoms with Crippen LogP contribution in [-0.4, -0.2) is 34.5 Å². The lowest BCUT2D eigenvalue weighted by atomic mass is 9.88. The van der Waals surface area contributed by atoms with Crippen molar-refractivity contribution in [3.8, 4) is 0 Å². The fraction of sp³-hybridized carbons (Fsp3) is 0.364. The van der Waals surface area contributed by atoms with E-state index in [2.05, 4.69) is 21.0 Å². The zero-order valence-corrected chi connectivity index (χ0v) is 17.2. The monoisotopic (exact) mass is 410 g/mol. The number of nitro groups is 2. The fourth-order valence-electron chi connectivity index (χ4n) is 4.51. The number of benzene rings is 2. The molecule has 0 aliphatic heterocycles. The summed E-state index contributed by atoms with van der Waals surface area (Å²) in [6.45, 7) is 2.13. The van der Waals surface area contributed by atoms with Gasteiger partial charge >= 0.3 is 0 Å². The number of nitro benzene ring substituents is 2. The second-order valence-corrected chi connectivity index (χ2v) is 8.49. The smallest absolute Gasteiger partial charge is 0.270 e. The zero-order chi connectivity index (χ0) is 21.6. The van der Waals surface area contributed by atoms with E-state index in [-0.39, 0.29) is 27.3 Å². The molecule has 0 fully saturated rings. The summed E-state index contributed by atoms with van der Waals surface area (Å²) in [6.07, 6.45) is 2.50. The highest BCUT2D eigenvalue weighted by Crippen LogP contribution is 2.39. The van der Waals surface area contributed by atoms with E-state index in [9.17, 15) is 20.2 Å². The van der Waals surface area contributed by atoms with E-state index in [1.165, 1.54) is 6.07 Å². The third kappa shape index (κ3) is 3.33. The van der Waals surface area contributed by atoms with E-state index in [1.54, 1.807) is 24.3 Å². The maximum absolute atomic E-state index is 11.2. The molecule has 1 heterocycles. The van der Waals surface area contributed by atoms with E-state index in [0.29, 0.717) is 16.1 Å². The zero-order valence-electron chi connectivity index (χ0n) is 17.2. The van der Waals surface area contributed by atoms with Gasteiger partial charge in [0.15, 0.2) is 0 Å². The molecule has 1 aromatic heterocycles. The highest BCUT2D eigenvalue weighted by Gasteiger charge is 2.38. The van der Waals surface area contributed by atoms with E-state index >= 15 is 0 Å². The normalized spacial score (nSPS) is 17.5. The molecule has 2 aromatic carbocycles. The Kier molecular flexibility index (Phi) is 4.82. The summed E-state index contributed by atoms with van der Waals surface area (Å²) in [4.78, 5) is 21.4. The molecule has 0 radical (unpaired) electrons. The van der Waals surface area contributed by atoms with Crippen LogP contribution in [0.1, 0.15) is 36.3 Å². The summed E-state index contributed by atoms with van der Waals surface area (Å²) in [7, 11) is 4.35. The summed E-state index contributed by atoms with van der Waals surface area (Å²) < 4.78 is 6.68. The van der Waals surface area contributed by atoms with Crippen LogP contribution in [0.4, 0.5) is 11.4 Å². The van der Waals surface area contributed by atoms with Crippen molar-refractivity contribution in [1.82, 2.24) is 0 Å². The van der Waals surface area contributed by atoms with Crippen LogP contribution < -0.4 is 0 Å². The summed E-state index contributed by atoms with van der Waals surface area (Å²) >= 11 is 0. The van der Waals surface area contributed by atoms with Crippen LogP contribution in [-0.2, 0) is 12.8 Å². The second-order valence-electron chi connectivity index (χ2n) is 8.49. The summed E-state index contributed by atoms with van der Waals surface area (Å²) in [6, 6.07) is 11.9. The summed E-state index contributed by atoms with van der Waals surface area (Å²) in [5.74, 6) is 0.921. The Hall–Kier alpha value is -3.26. The van der Waals surface area contributed by atoms with Gasteiger partial charge in [-0.15, -0.1) is 0 Å². The van der Waals surface area contributed by atoms with Crippen molar-refractivity contribution in [2.45, 2.75) is 38.3 Å². The molecule has 0 bridgehead atoms. The van der Waals surface area contributed by atoms with Gasteiger partial charge in [-0.1, -0.05) is 0 Å². The molecule has 8 heteroatoms. The summed E-state index contributed by atoms with van der Waals surface area (Å²) in [5.41, 5.74) is 2.96. The fourth-order valence-corrected chi connectivity index (χ4v) is 4.51. The first-order chi connectivity index (χ1) is 14.2. The van der Waals surface area contributed by atoms with Crippen LogP contribution in [0, 0.1) is 20.2 Å². The Balaban J connectivity index is 1.63. The van der Waals surface area contributed by atoms with Crippen molar-refractivity contribution in [1.29, 1.82) is 0 Å². The molecular formula is C22H24N3O5+. The van der Waals surface area contributed by atoms with Gasteiger partial charge in [-0.2, -0.15) is 0 Å². The highest BCUT2D eigenvalue weighted by atomic mass is 16.6. The lowest BCUT2D eigenvalue weighted by Gasteiger charge is -2.44. The van der Waals surface area contributed by atoms with Gasteiger partial charge in [-0.05, 0) is 25.1 Å². The van der Waals surface area contributed by atoms with Crippen LogP contribution in [0.3, 0.4) is 0 Å². The Morgan fingerprint density at radius 3 is 2.30 bits per heavy atom. The molecule has 4 rings (SSSR count). The van der Waals surface area contributed by atoms with Gasteiger partial charge in [-0.3, -0.25) is 20.2 Å². The molecule has 1 aliphatic carbocycles. The Morgan fingerprint density at radius 2 is 1.67 bits per heavy atom. The SMILES string of the molecule is CC(c1ccc([N+](=O)[O-])cc1)[N+](C)(C)C1CCc2oc3ccc([N+](=O)[O-])cc3c2C1. The number of furan rings is 1. The average Bonchev–Trinajstić information content (AvgIpc) is 3.10. The third-order valence-corrected chi connectivity index (χ3v) is 6.74. The molecule has 2 unspecified atom stereocenters. The minimum Gasteiger partial charge on any atom is -0.461 e. The number of quaternary nitrogens is 1. The van der Waals surface area contributed by atoms with Gasteiger partial charge < -0.3 is 8.90 Å². The number of nitrogens with zero attached hydrogens (tertiary/aromatic N) is 3. The number of hydrogen-bond acceptors (Lipinski definition) is 5. The minimum atomic E-state index is -0.389. The van der Waals surface area contributed by atoms with E-state index in [4.69, 9.17) is 4.42 Å². The van der Waals surface area contributed by atoms with Gasteiger partial charge in [0, 0.05) is 60.0 Å². The van der Waals surface area contributed by atoms with Crippen molar-refractivity contribution in [2.24, 2.45) is 0 Å². The maximum atomic E-state index is 11.2. The van der Waals surface area contributed by atoms with Crippen molar-refractivity contribution < 1.29 is 18.7 Å². The second kappa shape index (κ2) is 7.21. The van der Waals surface area contributed by atoms with Crippen molar-refractivity contribution in [2.75, 3.05) is 14.1 Å². The number of aryl methyl sites for hydroxylation is 1. The minimum absolute atomic E-state index is 0.0706. The van der Waals surface area contributed by atoms with Crippen LogP contribution >= 0.6 is 0 Å². The molecule has 0 saturated carbocycles. The number of fused-ring (bicyclic) bond motifs is 3. The lowest BCUT2D eigenvalue weighted by molar-refractivity contribution is -0.943. The summed E-state index contributed by atoms with van der Waals surface area (Å²) in [5, 5.41) is 23.0. The van der Waals surface area contributed by atoms with Crippen LogP contribution in [0.5, 0.6) is 0 Å². The molecule has 0 N–H and O–H groups in total. The molecule has 2 atom stereocenters. The van der Waals surface area contributed by atoms with Gasteiger partial charge in [0.1, 0.15) is 17.4 Å². The predicted octanol–water partition coefficient (Wildman–Crippen LogP) is 4.94. The average molecular weight is 410 g/mol. The molecular weight excluding hydrogens is 386 g/mol. The van der Waals surface area contributed by atoms with Gasteiger partial charge in [-0.25, -0.2) is 0 Å². The van der Waals surface area contributed by atoms with E-state index in [1.807, 2.05) is 12.1 Å². The van der Waals surface area contributed by atoms with Gasteiger partial charge in [0.25, 0.3) is 11.4 Å². The Bertz CT molecular complexity index is 1130. The molecule has 30 heavy (non-hydrogen) atoms. The predicted molar refractivity (Wildman–Crippen MR) is 112 cm³/mol. The van der Waals surface area contributed by atoms with Crippen LogP contribution in [0.25, 0.3) is 11.0 Å². The van der Waals surface area contributed by atoms with Crippen molar-refractivity contribution >= 4 is 22.3 Å². The number of likely N-dealkylation sites (N-methyl/N-ethyl adjacent to an activating group) is 1. The molecule has 0 saturated heterocycles. The molecule has 156 valence electrons. The molecule has 0 amide bonds. The Morgan fingerprint density at radius 1 is 1.03 bits per heavy atom. The number of non-ortho nitro benzene ring substituents is 2. The number of rotatable bonds is 5. The van der Waals surface area contributed by atoms with Crippen LogP contribution in [0.15, 0.2) is 46.9 Å². The van der Waals surface area contributed by atoms with Gasteiger partial charge in [0.2, 0.25) is 0 Å². The van der Waals surface area contributed by atoms with Crippen LogP contribution in [0.2, 0.25) is 0 Å². The molecule has 3 aromatic rings. The lowest BCUT2D eigenvalue weighted by Crippen LogP contribution is -2.52. The largest absolute Gasteiger partial charge is 0.461 e. The van der Waals surface area contributed by atoms with Crippen molar-refractivity contribution in [3.05, 3.63) is 79.6 Å². The van der Waals surface area contributed by atoms with Crippen molar-refractivity contribution in [3.63, 3.8) is 0 Å². The number of hydrogen-bond donors (Lipinski definition) is 0. The van der Waals surface area contributed by atoms with E-state index in [0.717, 1.165) is 41.5 Å². The van der Waals surface area contributed by atoms with E-state index < -0.39 is 0 Å². The first-order valence-corrected chi connectivity index (χ1v) is 9.95. The first kappa shape index (κ1) is 20.0. The molecule has 0 spiro atoms.